The van der Waals surface area contributed by atoms with E-state index in [-0.39, 0.29) is 22.7 Å². The van der Waals surface area contributed by atoms with Crippen LogP contribution in [0.2, 0.25) is 5.02 Å². The van der Waals surface area contributed by atoms with E-state index in [0.29, 0.717) is 5.69 Å². The summed E-state index contributed by atoms with van der Waals surface area (Å²) < 4.78 is 67.9. The fourth-order valence-corrected chi connectivity index (χ4v) is 5.00. The van der Waals surface area contributed by atoms with Crippen LogP contribution in [0.5, 0.6) is 0 Å². The van der Waals surface area contributed by atoms with Crippen LogP contribution in [0.15, 0.2) is 63.0 Å². The number of amides is 1. The fraction of sp³-hybridized carbons (Fsp3) is 0.259. The monoisotopic (exact) mass is 623 g/mol. The minimum absolute atomic E-state index is 0.00307. The van der Waals surface area contributed by atoms with Gasteiger partial charge in [0.25, 0.3) is 15.9 Å². The Hall–Kier alpha value is -4.01. The third kappa shape index (κ3) is 7.24. The number of ketones is 1. The number of halogens is 4. The maximum Gasteiger partial charge on any atom is 0.417 e. The van der Waals surface area contributed by atoms with Crippen LogP contribution in [0.3, 0.4) is 0 Å². The molecule has 222 valence electrons. The summed E-state index contributed by atoms with van der Waals surface area (Å²) in [5, 5.41) is 14.2. The number of alkyl halides is 3. The lowest BCUT2D eigenvalue weighted by atomic mass is 9.96. The Labute approximate surface area is 243 Å². The zero-order chi connectivity index (χ0) is 30.7. The topological polar surface area (TPSA) is 159 Å². The van der Waals surface area contributed by atoms with Crippen molar-refractivity contribution in [1.29, 1.82) is 5.41 Å². The molecule has 2 aromatic carbocycles. The second-order valence-corrected chi connectivity index (χ2v) is 11.3. The molecule has 0 saturated carbocycles. The van der Waals surface area contributed by atoms with Crippen molar-refractivity contribution in [3.63, 3.8) is 0 Å². The van der Waals surface area contributed by atoms with Crippen molar-refractivity contribution >= 4 is 62.8 Å². The Bertz CT molecular complexity index is 1650. The molecule has 1 saturated heterocycles. The molecule has 0 spiro atoms. The van der Waals surface area contributed by atoms with Crippen molar-refractivity contribution < 1.29 is 35.6 Å². The standard InChI is InChI=1S/C27H25ClF3N5O5S/c28-21-6-4-17(12-20(21)27(29,30)31)34-15-16(14-32)25(37)19-13-18(36-10-2-1-3-11-36)5-7-22(19)35-26(38)23-8-9-24(41-23)42(33,39)40/h4-9,12-16,32H,1-3,10-11H2,(H,35,38)(H2,33,39,40). The molecular formula is C27H25ClF3N5O5S. The average molecular weight is 624 g/mol. The summed E-state index contributed by atoms with van der Waals surface area (Å²) >= 11 is 5.66. The lowest BCUT2D eigenvalue weighted by Crippen LogP contribution is -2.30. The Morgan fingerprint density at radius 2 is 1.81 bits per heavy atom. The molecule has 1 aromatic heterocycles. The molecule has 4 N–H and O–H groups in total. The van der Waals surface area contributed by atoms with E-state index in [1.54, 1.807) is 12.1 Å². The summed E-state index contributed by atoms with van der Waals surface area (Å²) in [6.45, 7) is 1.49. The molecule has 1 unspecified atom stereocenters. The first kappa shape index (κ1) is 30.9. The van der Waals surface area contributed by atoms with Crippen molar-refractivity contribution in [2.24, 2.45) is 16.0 Å². The smallest absolute Gasteiger partial charge is 0.417 e. The van der Waals surface area contributed by atoms with Crippen LogP contribution in [0, 0.1) is 11.3 Å². The summed E-state index contributed by atoms with van der Waals surface area (Å²) in [5.74, 6) is -3.23. The molecule has 4 rings (SSSR count). The van der Waals surface area contributed by atoms with Gasteiger partial charge in [0.15, 0.2) is 11.5 Å². The third-order valence-corrected chi connectivity index (χ3v) is 7.56. The molecule has 42 heavy (non-hydrogen) atoms. The van der Waals surface area contributed by atoms with E-state index in [9.17, 15) is 31.2 Å². The molecule has 0 aliphatic carbocycles. The number of Topliss-reactive ketones (excluding diaryl/α,β-unsaturated/α-hetero) is 1. The highest BCUT2D eigenvalue weighted by Crippen LogP contribution is 2.37. The number of carbonyl (C=O) groups excluding carboxylic acids is 2. The van der Waals surface area contributed by atoms with Gasteiger partial charge in [0.05, 0.1) is 27.9 Å². The number of rotatable bonds is 9. The van der Waals surface area contributed by atoms with Crippen LogP contribution in [-0.4, -0.2) is 45.6 Å². The first-order valence-corrected chi connectivity index (χ1v) is 14.5. The molecule has 1 aliphatic rings. The average Bonchev–Trinajstić information content (AvgIpc) is 3.46. The van der Waals surface area contributed by atoms with Gasteiger partial charge in [-0.1, -0.05) is 11.6 Å². The molecule has 1 aliphatic heterocycles. The second kappa shape index (κ2) is 12.5. The quantitative estimate of drug-likeness (QED) is 0.205. The number of sulfonamides is 1. The third-order valence-electron chi connectivity index (χ3n) is 6.45. The lowest BCUT2D eigenvalue weighted by Gasteiger charge is -2.29. The maximum atomic E-state index is 13.7. The number of hydrogen-bond acceptors (Lipinski definition) is 8. The van der Waals surface area contributed by atoms with Crippen LogP contribution in [0.25, 0.3) is 0 Å². The molecule has 3 aromatic rings. The number of furan rings is 1. The summed E-state index contributed by atoms with van der Waals surface area (Å²) in [6, 6.07) is 9.86. The van der Waals surface area contributed by atoms with E-state index in [4.69, 9.17) is 26.6 Å². The molecule has 2 heterocycles. The summed E-state index contributed by atoms with van der Waals surface area (Å²) in [7, 11) is -4.20. The number of nitrogens with one attached hydrogen (secondary N) is 2. The number of anilines is 2. The molecule has 0 bridgehead atoms. The highest BCUT2D eigenvalue weighted by atomic mass is 35.5. The minimum Gasteiger partial charge on any atom is -0.438 e. The van der Waals surface area contributed by atoms with E-state index < -0.39 is 49.5 Å². The first-order valence-electron chi connectivity index (χ1n) is 12.6. The number of primary sulfonamides is 1. The van der Waals surface area contributed by atoms with Crippen LogP contribution in [-0.2, 0) is 16.2 Å². The van der Waals surface area contributed by atoms with E-state index >= 15 is 0 Å². The van der Waals surface area contributed by atoms with Crippen LogP contribution < -0.4 is 15.4 Å². The van der Waals surface area contributed by atoms with E-state index in [1.807, 2.05) is 0 Å². The summed E-state index contributed by atoms with van der Waals surface area (Å²) in [5.41, 5.74) is -0.509. The van der Waals surface area contributed by atoms with Crippen molar-refractivity contribution in [3.8, 4) is 0 Å². The summed E-state index contributed by atoms with van der Waals surface area (Å²) in [6.07, 6.45) is 0.0455. The maximum absolute atomic E-state index is 13.7. The van der Waals surface area contributed by atoms with Gasteiger partial charge < -0.3 is 20.0 Å². The number of piperidine rings is 1. The Balaban J connectivity index is 1.67. The van der Waals surface area contributed by atoms with E-state index in [1.165, 1.54) is 12.1 Å². The highest BCUT2D eigenvalue weighted by molar-refractivity contribution is 7.89. The Morgan fingerprint density at radius 1 is 1.10 bits per heavy atom. The number of nitrogens with two attached hydrogens (primary N) is 1. The van der Waals surface area contributed by atoms with Crippen molar-refractivity contribution in [1.82, 2.24) is 0 Å². The Morgan fingerprint density at radius 3 is 2.43 bits per heavy atom. The second-order valence-electron chi connectivity index (χ2n) is 9.39. The zero-order valence-electron chi connectivity index (χ0n) is 21.8. The number of carbonyl (C=O) groups is 2. The van der Waals surface area contributed by atoms with Crippen LogP contribution in [0.4, 0.5) is 30.2 Å². The van der Waals surface area contributed by atoms with Crippen LogP contribution >= 0.6 is 11.6 Å². The molecular weight excluding hydrogens is 599 g/mol. The van der Waals surface area contributed by atoms with Gasteiger partial charge in [0, 0.05) is 36.8 Å². The Kier molecular flexibility index (Phi) is 9.18. The van der Waals surface area contributed by atoms with Gasteiger partial charge in [-0.25, -0.2) is 13.6 Å². The van der Waals surface area contributed by atoms with Gasteiger partial charge >= 0.3 is 6.18 Å². The minimum atomic E-state index is -4.72. The molecule has 1 fully saturated rings. The lowest BCUT2D eigenvalue weighted by molar-refractivity contribution is -0.137. The van der Waals surface area contributed by atoms with Crippen molar-refractivity contribution in [2.75, 3.05) is 23.3 Å². The first-order chi connectivity index (χ1) is 19.8. The molecule has 0 radical (unpaired) electrons. The zero-order valence-corrected chi connectivity index (χ0v) is 23.4. The molecule has 1 atom stereocenters. The summed E-state index contributed by atoms with van der Waals surface area (Å²) in [4.78, 5) is 32.6. The highest BCUT2D eigenvalue weighted by Gasteiger charge is 2.33. The van der Waals surface area contributed by atoms with Gasteiger partial charge in [-0.05, 0) is 67.8 Å². The fourth-order valence-electron chi connectivity index (χ4n) is 4.32. The number of nitrogens with zero attached hydrogens (tertiary/aromatic N) is 2. The van der Waals surface area contributed by atoms with E-state index in [2.05, 4.69) is 15.2 Å². The van der Waals surface area contributed by atoms with Crippen molar-refractivity contribution in [3.05, 3.63) is 70.4 Å². The predicted octanol–water partition coefficient (Wildman–Crippen LogP) is 5.69. The number of aliphatic imine (C=N–C) groups is 1. The van der Waals surface area contributed by atoms with Crippen LogP contribution in [0.1, 0.15) is 45.7 Å². The largest absolute Gasteiger partial charge is 0.438 e. The number of benzene rings is 2. The van der Waals surface area contributed by atoms with Gasteiger partial charge in [0.1, 0.15) is 0 Å². The van der Waals surface area contributed by atoms with Gasteiger partial charge in [-0.3, -0.25) is 14.6 Å². The number of hydrogen-bond donors (Lipinski definition) is 3. The normalized spacial score (nSPS) is 15.0. The van der Waals surface area contributed by atoms with Crippen molar-refractivity contribution in [2.45, 2.75) is 30.5 Å². The molecule has 15 heteroatoms. The molecule has 1 amide bonds. The van der Waals surface area contributed by atoms with Gasteiger partial charge in [-0.2, -0.15) is 13.2 Å². The van der Waals surface area contributed by atoms with Gasteiger partial charge in [0.2, 0.25) is 5.09 Å². The molecule has 10 nitrogen and oxygen atoms in total. The predicted molar refractivity (Wildman–Crippen MR) is 152 cm³/mol. The SMILES string of the molecule is N=CC(C=Nc1ccc(Cl)c(C(F)(F)F)c1)C(=O)c1cc(N2CCCCC2)ccc1NC(=O)c1ccc(S(N)(=O)=O)o1. The van der Waals surface area contributed by atoms with E-state index in [0.717, 1.165) is 69.0 Å². The van der Waals surface area contributed by atoms with Gasteiger partial charge in [-0.15, -0.1) is 0 Å².